The number of nitrogens with zero attached hydrogens (tertiary/aromatic N) is 2. The first-order valence-corrected chi connectivity index (χ1v) is 9.85. The number of carboxylic acid groups (broad SMARTS) is 1. The Hall–Kier alpha value is -3.57. The van der Waals surface area contributed by atoms with Crippen molar-refractivity contribution in [3.05, 3.63) is 63.7 Å². The normalized spacial score (nSPS) is 18.2. The molecule has 0 spiro atoms. The number of carbonyl (C=O) groups is 1. The Labute approximate surface area is 185 Å². The third-order valence-corrected chi connectivity index (χ3v) is 5.70. The molecule has 0 radical (unpaired) electrons. The number of aromatic carboxylic acids is 1. The van der Waals surface area contributed by atoms with Gasteiger partial charge in [0.2, 0.25) is 5.43 Å². The number of halogens is 3. The van der Waals surface area contributed by atoms with Gasteiger partial charge in [0.1, 0.15) is 28.4 Å². The number of nitrogens with two attached hydrogens (primary N) is 1. The lowest BCUT2D eigenvalue weighted by Gasteiger charge is -2.24. The van der Waals surface area contributed by atoms with E-state index in [1.165, 1.54) is 14.2 Å². The lowest BCUT2D eigenvalue weighted by atomic mass is 10.1. The highest BCUT2D eigenvalue weighted by Crippen LogP contribution is 2.40. The molecule has 1 aromatic heterocycles. The van der Waals surface area contributed by atoms with E-state index in [1.54, 1.807) is 4.90 Å². The molecule has 2 atom stereocenters. The Bertz CT molecular complexity index is 1330. The molecule has 2 heterocycles. The van der Waals surface area contributed by atoms with Crippen molar-refractivity contribution in [2.24, 2.45) is 5.73 Å². The maximum atomic E-state index is 15.3. The van der Waals surface area contributed by atoms with Gasteiger partial charge in [-0.25, -0.2) is 18.0 Å². The maximum Gasteiger partial charge on any atom is 0.341 e. The fraction of sp³-hybridized carbons (Fsp3) is 0.273. The van der Waals surface area contributed by atoms with Crippen LogP contribution in [0, 0.1) is 17.5 Å². The zero-order valence-corrected chi connectivity index (χ0v) is 17.6. The average Bonchev–Trinajstić information content (AvgIpc) is 3.13. The monoisotopic (exact) mass is 463 g/mol. The summed E-state index contributed by atoms with van der Waals surface area (Å²) < 4.78 is 55.4. The Kier molecular flexibility index (Phi) is 5.76. The van der Waals surface area contributed by atoms with Gasteiger partial charge < -0.3 is 29.8 Å². The van der Waals surface area contributed by atoms with Crippen LogP contribution in [-0.4, -0.2) is 55.1 Å². The summed E-state index contributed by atoms with van der Waals surface area (Å²) in [6.07, 6.45) is 0.511. The molecule has 1 aliphatic rings. The Morgan fingerprint density at radius 2 is 1.88 bits per heavy atom. The highest BCUT2D eigenvalue weighted by Gasteiger charge is 2.35. The number of ether oxygens (including phenoxy) is 2. The van der Waals surface area contributed by atoms with Crippen LogP contribution in [0.1, 0.15) is 10.4 Å². The molecule has 11 heteroatoms. The molecular formula is C22H20F3N3O5. The molecule has 0 unspecified atom stereocenters. The molecule has 3 N–H and O–H groups in total. The predicted molar refractivity (Wildman–Crippen MR) is 114 cm³/mol. The fourth-order valence-electron chi connectivity index (χ4n) is 4.15. The van der Waals surface area contributed by atoms with Gasteiger partial charge in [-0.2, -0.15) is 0 Å². The smallest absolute Gasteiger partial charge is 0.341 e. The molecule has 1 aliphatic heterocycles. The van der Waals surface area contributed by atoms with Crippen LogP contribution < -0.4 is 20.8 Å². The van der Waals surface area contributed by atoms with Gasteiger partial charge in [0.25, 0.3) is 0 Å². The second-order valence-corrected chi connectivity index (χ2v) is 7.62. The van der Waals surface area contributed by atoms with Crippen molar-refractivity contribution in [3.63, 3.8) is 0 Å². The lowest BCUT2D eigenvalue weighted by molar-refractivity contribution is 0.0695. The average molecular weight is 463 g/mol. The molecule has 1 fully saturated rings. The van der Waals surface area contributed by atoms with Crippen LogP contribution in [0.4, 0.5) is 18.9 Å². The summed E-state index contributed by atoms with van der Waals surface area (Å²) in [5.41, 5.74) is 3.99. The van der Waals surface area contributed by atoms with E-state index in [0.717, 1.165) is 29.0 Å². The van der Waals surface area contributed by atoms with E-state index in [4.69, 9.17) is 15.2 Å². The second-order valence-electron chi connectivity index (χ2n) is 7.62. The van der Waals surface area contributed by atoms with E-state index in [9.17, 15) is 23.5 Å². The topological polar surface area (TPSA) is 107 Å². The van der Waals surface area contributed by atoms with Crippen LogP contribution in [0.15, 0.2) is 35.3 Å². The van der Waals surface area contributed by atoms with Gasteiger partial charge in [-0.3, -0.25) is 4.79 Å². The molecule has 1 saturated heterocycles. The number of carboxylic acids is 1. The molecule has 4 rings (SSSR count). The number of hydrogen-bond donors (Lipinski definition) is 2. The van der Waals surface area contributed by atoms with E-state index in [-0.39, 0.29) is 41.1 Å². The number of rotatable bonds is 5. The van der Waals surface area contributed by atoms with Crippen molar-refractivity contribution in [1.29, 1.82) is 0 Å². The number of anilines is 1. The number of fused-ring (bicyclic) bond motifs is 1. The zero-order chi connectivity index (χ0) is 24.0. The number of hydrogen-bond acceptors (Lipinski definition) is 6. The van der Waals surface area contributed by atoms with Crippen LogP contribution in [0.3, 0.4) is 0 Å². The number of pyridine rings is 1. The van der Waals surface area contributed by atoms with Crippen LogP contribution >= 0.6 is 0 Å². The van der Waals surface area contributed by atoms with Crippen LogP contribution in [-0.2, 0) is 4.74 Å². The van der Waals surface area contributed by atoms with Gasteiger partial charge >= 0.3 is 5.97 Å². The SMILES string of the molecule is COc1c(N2C[C@H](N)[C@H](OC)C2)c(F)cc2c(=O)c(C(=O)O)cn(-c3ccc(F)cc3F)c12. The molecule has 0 amide bonds. The Balaban J connectivity index is 2.11. The van der Waals surface area contributed by atoms with Crippen molar-refractivity contribution in [2.75, 3.05) is 32.2 Å². The molecule has 0 saturated carbocycles. The third kappa shape index (κ3) is 3.68. The third-order valence-electron chi connectivity index (χ3n) is 5.70. The van der Waals surface area contributed by atoms with Crippen molar-refractivity contribution < 1.29 is 32.5 Å². The van der Waals surface area contributed by atoms with Crippen molar-refractivity contribution in [1.82, 2.24) is 4.57 Å². The van der Waals surface area contributed by atoms with Gasteiger partial charge in [0, 0.05) is 32.5 Å². The number of aromatic nitrogens is 1. The first-order valence-electron chi connectivity index (χ1n) is 9.85. The lowest BCUT2D eigenvalue weighted by Crippen LogP contribution is -2.34. The molecule has 3 aromatic rings. The van der Waals surface area contributed by atoms with Gasteiger partial charge in [0.15, 0.2) is 11.6 Å². The highest BCUT2D eigenvalue weighted by atomic mass is 19.1. The summed E-state index contributed by atoms with van der Waals surface area (Å²) in [6, 6.07) is 3.11. The molecule has 0 bridgehead atoms. The van der Waals surface area contributed by atoms with Crippen LogP contribution in [0.25, 0.3) is 16.6 Å². The highest BCUT2D eigenvalue weighted by molar-refractivity contribution is 5.97. The molecule has 33 heavy (non-hydrogen) atoms. The van der Waals surface area contributed by atoms with Gasteiger partial charge in [-0.15, -0.1) is 0 Å². The maximum absolute atomic E-state index is 15.3. The summed E-state index contributed by atoms with van der Waals surface area (Å²) >= 11 is 0. The Morgan fingerprint density at radius 3 is 2.45 bits per heavy atom. The standard InChI is InChI=1S/C22H20F3N3O5/c1-32-17-9-27(8-15(17)26)19-14(25)6-11-18(21(19)33-2)28(7-12(20(11)29)22(30)31)16-4-3-10(23)5-13(16)24/h3-7,15,17H,8-9,26H2,1-2H3,(H,30,31)/t15-,17+/m0/s1. The molecular weight excluding hydrogens is 443 g/mol. The molecule has 174 valence electrons. The van der Waals surface area contributed by atoms with Crippen molar-refractivity contribution in [2.45, 2.75) is 12.1 Å². The molecule has 0 aliphatic carbocycles. The number of benzene rings is 2. The van der Waals surface area contributed by atoms with Crippen LogP contribution in [0.2, 0.25) is 0 Å². The van der Waals surface area contributed by atoms with Crippen molar-refractivity contribution in [3.8, 4) is 11.4 Å². The van der Waals surface area contributed by atoms with E-state index < -0.39 is 46.6 Å². The van der Waals surface area contributed by atoms with Gasteiger partial charge in [-0.1, -0.05) is 0 Å². The van der Waals surface area contributed by atoms with Gasteiger partial charge in [-0.05, 0) is 18.2 Å². The summed E-state index contributed by atoms with van der Waals surface area (Å²) in [5, 5.41) is 9.15. The first kappa shape index (κ1) is 22.6. The summed E-state index contributed by atoms with van der Waals surface area (Å²) in [5.74, 6) is -4.45. The quantitative estimate of drug-likeness (QED) is 0.598. The molecule has 8 nitrogen and oxygen atoms in total. The minimum absolute atomic E-state index is 0.0428. The van der Waals surface area contributed by atoms with E-state index in [1.807, 2.05) is 0 Å². The number of methoxy groups -OCH3 is 2. The van der Waals surface area contributed by atoms with E-state index in [0.29, 0.717) is 6.07 Å². The second kappa shape index (κ2) is 8.41. The van der Waals surface area contributed by atoms with Gasteiger partial charge in [0.05, 0.1) is 30.3 Å². The predicted octanol–water partition coefficient (Wildman–Crippen LogP) is 2.28. The minimum atomic E-state index is -1.59. The zero-order valence-electron chi connectivity index (χ0n) is 17.6. The Morgan fingerprint density at radius 1 is 1.15 bits per heavy atom. The van der Waals surface area contributed by atoms with E-state index in [2.05, 4.69) is 0 Å². The summed E-state index contributed by atoms with van der Waals surface area (Å²) in [7, 11) is 2.72. The summed E-state index contributed by atoms with van der Waals surface area (Å²) in [6.45, 7) is 0.429. The van der Waals surface area contributed by atoms with Crippen LogP contribution in [0.5, 0.6) is 5.75 Å². The van der Waals surface area contributed by atoms with E-state index >= 15 is 4.39 Å². The largest absolute Gasteiger partial charge is 0.492 e. The summed E-state index contributed by atoms with van der Waals surface area (Å²) in [4.78, 5) is 26.1. The first-order chi connectivity index (χ1) is 15.7. The minimum Gasteiger partial charge on any atom is -0.492 e. The fourth-order valence-corrected chi connectivity index (χ4v) is 4.15. The molecule has 2 aromatic carbocycles. The van der Waals surface area contributed by atoms with Crippen molar-refractivity contribution >= 4 is 22.6 Å².